The number of fused-ring (bicyclic) bond motifs is 2. The van der Waals surface area contributed by atoms with E-state index < -0.39 is 27.7 Å². The first-order chi connectivity index (χ1) is 22.2. The topological polar surface area (TPSA) is 0 Å². The predicted octanol–water partition coefficient (Wildman–Crippen LogP) is 12.4. The van der Waals surface area contributed by atoms with Crippen LogP contribution in [0.5, 0.6) is 0 Å². The fraction of sp³-hybridized carbons (Fsp3) is 0.333. The van der Waals surface area contributed by atoms with Crippen LogP contribution in [0.1, 0.15) is 85.8 Å². The van der Waals surface area contributed by atoms with Gasteiger partial charge in [-0.3, -0.25) is 0 Å². The van der Waals surface area contributed by atoms with Crippen molar-refractivity contribution in [2.45, 2.75) is 84.6 Å². The molecule has 2 aliphatic carbocycles. The molecule has 2 unspecified atom stereocenters. The van der Waals surface area contributed by atoms with Gasteiger partial charge >= 0.3 is 289 Å². The van der Waals surface area contributed by atoms with Crippen molar-refractivity contribution in [3.63, 3.8) is 0 Å². The maximum absolute atomic E-state index is 9.31. The van der Waals surface area contributed by atoms with Gasteiger partial charge in [0.15, 0.2) is 0 Å². The number of unbranched alkanes of at least 4 members (excludes halogenated alkanes) is 2. The fourth-order valence-corrected chi connectivity index (χ4v) is 49.7. The third-order valence-electron chi connectivity index (χ3n) is 11.4. The molecule has 0 fully saturated rings. The van der Waals surface area contributed by atoms with E-state index in [0.29, 0.717) is 0 Å². The molecule has 2 atom stereocenters. The van der Waals surface area contributed by atoms with Crippen molar-refractivity contribution < 1.29 is 15.6 Å². The summed E-state index contributed by atoms with van der Waals surface area (Å²) in [4.78, 5) is 0. The molecule has 0 aliphatic heterocycles. The zero-order valence-corrected chi connectivity index (χ0v) is 33.2. The molecular weight excluding hydrogens is 695 g/mol. The van der Waals surface area contributed by atoms with Gasteiger partial charge in [0.25, 0.3) is 0 Å². The first kappa shape index (κ1) is 33.9. The third kappa shape index (κ3) is 5.08. The Labute approximate surface area is 286 Å². The second kappa shape index (κ2) is 13.5. The van der Waals surface area contributed by atoms with E-state index in [-0.39, 0.29) is 0 Å². The SMILES string of the molecule is CCCCC1=Cc2ccccc2[C]1(Cc1ccccc1)[Zr]([Cl])([Cl])([SiH](C)C)[C]1(Cc2ccccc2)C(CCCC)=Cc2ccccc21. The van der Waals surface area contributed by atoms with Crippen LogP contribution in [0.4, 0.5) is 0 Å². The van der Waals surface area contributed by atoms with Crippen LogP contribution in [0, 0.1) is 0 Å². The summed E-state index contributed by atoms with van der Waals surface area (Å²) in [6.07, 6.45) is 13.4. The third-order valence-corrected chi connectivity index (χ3v) is 68.8. The van der Waals surface area contributed by atoms with E-state index in [0.717, 1.165) is 51.4 Å². The van der Waals surface area contributed by atoms with E-state index in [2.05, 4.69) is 148 Å². The Morgan fingerprint density at radius 1 is 0.543 bits per heavy atom. The van der Waals surface area contributed by atoms with Crippen molar-refractivity contribution in [1.82, 2.24) is 0 Å². The van der Waals surface area contributed by atoms with E-state index in [1.165, 1.54) is 44.5 Å². The Balaban J connectivity index is 1.79. The van der Waals surface area contributed by atoms with Crippen LogP contribution in [0.3, 0.4) is 0 Å². The normalized spacial score (nSPS) is 21.3. The molecule has 0 nitrogen and oxygen atoms in total. The van der Waals surface area contributed by atoms with Gasteiger partial charge in [-0.2, -0.15) is 0 Å². The summed E-state index contributed by atoms with van der Waals surface area (Å²) < 4.78 is -0.870. The van der Waals surface area contributed by atoms with Crippen LogP contribution in [0.2, 0.25) is 13.1 Å². The first-order valence-electron chi connectivity index (χ1n) is 17.5. The molecule has 4 aromatic carbocycles. The zero-order valence-electron chi connectivity index (χ0n) is 28.0. The van der Waals surface area contributed by atoms with Gasteiger partial charge < -0.3 is 0 Å². The number of benzene rings is 4. The molecule has 0 saturated carbocycles. The van der Waals surface area contributed by atoms with Crippen molar-refractivity contribution in [3.05, 3.63) is 154 Å². The van der Waals surface area contributed by atoms with Gasteiger partial charge in [-0.15, -0.1) is 0 Å². The van der Waals surface area contributed by atoms with Gasteiger partial charge in [0.05, 0.1) is 0 Å². The molecule has 6 rings (SSSR count). The summed E-state index contributed by atoms with van der Waals surface area (Å²) in [5.41, 5.74) is 11.0. The van der Waals surface area contributed by atoms with Crippen molar-refractivity contribution in [3.8, 4) is 0 Å². The van der Waals surface area contributed by atoms with E-state index in [9.17, 15) is 17.0 Å². The summed E-state index contributed by atoms with van der Waals surface area (Å²) in [6.45, 7) is 9.65. The number of rotatable bonds is 13. The molecule has 4 heteroatoms. The monoisotopic (exact) mass is 741 g/mol. The van der Waals surface area contributed by atoms with Gasteiger partial charge in [-0.1, -0.05) is 0 Å². The van der Waals surface area contributed by atoms with Gasteiger partial charge in [-0.25, -0.2) is 0 Å². The molecule has 0 saturated heterocycles. The van der Waals surface area contributed by atoms with E-state index >= 15 is 0 Å². The van der Waals surface area contributed by atoms with Crippen molar-refractivity contribution >= 4 is 35.1 Å². The number of allylic oxidation sites excluding steroid dienone is 2. The molecular formula is C42H49Cl2SiZr. The molecule has 0 radical (unpaired) electrons. The van der Waals surface area contributed by atoms with Crippen molar-refractivity contribution in [1.29, 1.82) is 0 Å². The summed E-state index contributed by atoms with van der Waals surface area (Å²) in [6, 6.07) is 40.6. The average Bonchev–Trinajstić information content (AvgIpc) is 3.57. The second-order valence-corrected chi connectivity index (χ2v) is 56.0. The van der Waals surface area contributed by atoms with Gasteiger partial charge in [0.2, 0.25) is 0 Å². The molecule has 2 aliphatic rings. The summed E-state index contributed by atoms with van der Waals surface area (Å²) >= 11 is -5.37. The van der Waals surface area contributed by atoms with Crippen molar-refractivity contribution in [2.75, 3.05) is 0 Å². The van der Waals surface area contributed by atoms with Crippen LogP contribution < -0.4 is 0 Å². The number of halogens is 2. The number of hydrogen-bond acceptors (Lipinski definition) is 0. The molecule has 0 amide bonds. The molecule has 0 heterocycles. The summed E-state index contributed by atoms with van der Waals surface area (Å²) in [5.74, 6) is -1.84. The molecule has 46 heavy (non-hydrogen) atoms. The standard InChI is InChI=1S/2C20H21.C2H7Si.2ClH.Zr/c2*1-2-3-11-18-15-17-12-7-8-13-19(17)20(18)14-16-9-5-4-6-10-16;1-3-2;;;/h2*4-10,12-13,15H,2-3,11,14H2,1H3;3H,1-2H3;2*1H;/q;;;;;+2/p-2. The van der Waals surface area contributed by atoms with Gasteiger partial charge in [0, 0.05) is 0 Å². The summed E-state index contributed by atoms with van der Waals surface area (Å²) in [5, 5.41) is 0. The Morgan fingerprint density at radius 3 is 1.28 bits per heavy atom. The molecule has 0 aromatic heterocycles. The minimum absolute atomic E-state index is 0.435. The van der Waals surface area contributed by atoms with Crippen LogP contribution >= 0.6 is 17.0 Å². The first-order valence-corrected chi connectivity index (χ1v) is 33.4. The maximum atomic E-state index is 9.31. The van der Waals surface area contributed by atoms with Crippen LogP contribution in [0.25, 0.3) is 12.2 Å². The van der Waals surface area contributed by atoms with E-state index in [4.69, 9.17) is 0 Å². The fourth-order valence-electron chi connectivity index (χ4n) is 9.27. The molecule has 239 valence electrons. The Kier molecular flexibility index (Phi) is 9.96. The van der Waals surface area contributed by atoms with Crippen molar-refractivity contribution in [2.24, 2.45) is 0 Å². The molecule has 0 spiro atoms. The number of hydrogen-bond donors (Lipinski definition) is 0. The van der Waals surface area contributed by atoms with E-state index in [1.807, 2.05) is 0 Å². The average molecular weight is 744 g/mol. The molecule has 0 bridgehead atoms. The van der Waals surface area contributed by atoms with Gasteiger partial charge in [0.1, 0.15) is 0 Å². The minimum atomic E-state index is -5.37. The Bertz CT molecular complexity index is 1620. The molecule has 0 N–H and O–H groups in total. The predicted molar refractivity (Wildman–Crippen MR) is 202 cm³/mol. The van der Waals surface area contributed by atoms with Crippen LogP contribution in [-0.4, -0.2) is 5.92 Å². The van der Waals surface area contributed by atoms with Crippen LogP contribution in [0.15, 0.2) is 120 Å². The Morgan fingerprint density at radius 2 is 0.913 bits per heavy atom. The van der Waals surface area contributed by atoms with Crippen LogP contribution in [-0.2, 0) is 34.6 Å². The van der Waals surface area contributed by atoms with Gasteiger partial charge in [-0.05, 0) is 0 Å². The van der Waals surface area contributed by atoms with E-state index in [1.54, 1.807) is 0 Å². The molecule has 4 aromatic rings. The Hall–Kier alpha value is -1.96. The summed E-state index contributed by atoms with van der Waals surface area (Å²) in [7, 11) is 18.6. The zero-order chi connectivity index (χ0) is 32.4. The quantitative estimate of drug-likeness (QED) is 0.120. The second-order valence-electron chi connectivity index (χ2n) is 14.1.